The summed E-state index contributed by atoms with van der Waals surface area (Å²) in [5.74, 6) is 1.57. The molecule has 0 radical (unpaired) electrons. The Morgan fingerprint density at radius 2 is 2.13 bits per heavy atom. The van der Waals surface area contributed by atoms with Gasteiger partial charge in [0.2, 0.25) is 11.8 Å². The molecule has 1 aromatic heterocycles. The maximum Gasteiger partial charge on any atom is 0.241 e. The van der Waals surface area contributed by atoms with E-state index in [1.54, 1.807) is 19.3 Å². The molecule has 1 fully saturated rings. The van der Waals surface area contributed by atoms with Crippen LogP contribution in [0.3, 0.4) is 0 Å². The number of amides is 1. The molecule has 0 bridgehead atoms. The van der Waals surface area contributed by atoms with Crippen molar-refractivity contribution in [1.82, 2.24) is 14.9 Å². The minimum atomic E-state index is 0.111. The van der Waals surface area contributed by atoms with Crippen LogP contribution in [-0.4, -0.2) is 33.9 Å². The Balaban J connectivity index is 1.84. The van der Waals surface area contributed by atoms with E-state index in [-0.39, 0.29) is 11.8 Å². The number of likely N-dealkylation sites (tertiary alicyclic amines) is 1. The number of aryl methyl sites for hydroxylation is 1. The van der Waals surface area contributed by atoms with E-state index in [9.17, 15) is 4.79 Å². The molecule has 23 heavy (non-hydrogen) atoms. The molecule has 2 heterocycles. The van der Waals surface area contributed by atoms with E-state index in [2.05, 4.69) is 9.97 Å². The summed E-state index contributed by atoms with van der Waals surface area (Å²) >= 11 is 0. The lowest BCUT2D eigenvalue weighted by molar-refractivity contribution is -0.130. The smallest absolute Gasteiger partial charge is 0.241 e. The van der Waals surface area contributed by atoms with E-state index in [0.717, 1.165) is 36.4 Å². The molecule has 1 unspecified atom stereocenters. The number of carbonyl (C=O) groups excluding carboxylic acids is 1. The molecule has 1 atom stereocenters. The Hall–Kier alpha value is -2.43. The minimum absolute atomic E-state index is 0.111. The van der Waals surface area contributed by atoms with E-state index in [1.807, 2.05) is 36.1 Å². The number of ether oxygens (including phenoxy) is 1. The molecular formula is C18H21N3O2. The van der Waals surface area contributed by atoms with Gasteiger partial charge in [-0.15, -0.1) is 0 Å². The monoisotopic (exact) mass is 311 g/mol. The van der Waals surface area contributed by atoms with Crippen molar-refractivity contribution in [2.75, 3.05) is 13.1 Å². The van der Waals surface area contributed by atoms with Crippen LogP contribution in [0.2, 0.25) is 0 Å². The van der Waals surface area contributed by atoms with Crippen molar-refractivity contribution in [2.24, 2.45) is 0 Å². The summed E-state index contributed by atoms with van der Waals surface area (Å²) < 4.78 is 5.96. The van der Waals surface area contributed by atoms with Crippen LogP contribution in [0.1, 0.15) is 36.9 Å². The van der Waals surface area contributed by atoms with Crippen molar-refractivity contribution in [1.29, 1.82) is 0 Å². The van der Waals surface area contributed by atoms with Gasteiger partial charge < -0.3 is 9.64 Å². The first-order valence-electron chi connectivity index (χ1n) is 7.94. The summed E-state index contributed by atoms with van der Waals surface area (Å²) in [6.07, 6.45) is 5.29. The number of rotatable bonds is 3. The van der Waals surface area contributed by atoms with Gasteiger partial charge in [0.05, 0.1) is 0 Å². The van der Waals surface area contributed by atoms with Crippen molar-refractivity contribution >= 4 is 5.91 Å². The Kier molecular flexibility index (Phi) is 4.55. The van der Waals surface area contributed by atoms with Crippen LogP contribution in [0.4, 0.5) is 0 Å². The maximum absolute atomic E-state index is 11.6. The highest BCUT2D eigenvalue weighted by molar-refractivity contribution is 5.73. The van der Waals surface area contributed by atoms with E-state index in [4.69, 9.17) is 4.74 Å². The van der Waals surface area contributed by atoms with E-state index in [0.29, 0.717) is 12.4 Å². The first kappa shape index (κ1) is 15.5. The Morgan fingerprint density at radius 1 is 1.30 bits per heavy atom. The van der Waals surface area contributed by atoms with Gasteiger partial charge in [0.1, 0.15) is 11.4 Å². The lowest BCUT2D eigenvalue weighted by Crippen LogP contribution is -2.38. The van der Waals surface area contributed by atoms with Crippen molar-refractivity contribution in [2.45, 2.75) is 32.6 Å². The van der Waals surface area contributed by atoms with Gasteiger partial charge in [-0.1, -0.05) is 12.1 Å². The zero-order chi connectivity index (χ0) is 16.2. The lowest BCUT2D eigenvalue weighted by atomic mass is 9.94. The quantitative estimate of drug-likeness (QED) is 0.872. The van der Waals surface area contributed by atoms with Crippen LogP contribution in [0, 0.1) is 6.92 Å². The predicted molar refractivity (Wildman–Crippen MR) is 87.5 cm³/mol. The molecule has 0 N–H and O–H groups in total. The summed E-state index contributed by atoms with van der Waals surface area (Å²) in [5.41, 5.74) is 1.97. The van der Waals surface area contributed by atoms with Gasteiger partial charge in [-0.2, -0.15) is 0 Å². The zero-order valence-electron chi connectivity index (χ0n) is 13.5. The van der Waals surface area contributed by atoms with Crippen LogP contribution in [-0.2, 0) is 4.79 Å². The van der Waals surface area contributed by atoms with Gasteiger partial charge in [-0.05, 0) is 37.5 Å². The van der Waals surface area contributed by atoms with Crippen LogP contribution >= 0.6 is 0 Å². The number of aromatic nitrogens is 2. The van der Waals surface area contributed by atoms with E-state index in [1.165, 1.54) is 0 Å². The summed E-state index contributed by atoms with van der Waals surface area (Å²) in [6.45, 7) is 5.14. The third-order valence-electron chi connectivity index (χ3n) is 4.15. The molecule has 1 aliphatic rings. The second-order valence-electron chi connectivity index (χ2n) is 5.97. The summed E-state index contributed by atoms with van der Waals surface area (Å²) in [4.78, 5) is 22.4. The predicted octanol–water partition coefficient (Wildman–Crippen LogP) is 3.30. The molecule has 2 aromatic rings. The van der Waals surface area contributed by atoms with Crippen LogP contribution in [0.25, 0.3) is 0 Å². The average molecular weight is 311 g/mol. The highest BCUT2D eigenvalue weighted by atomic mass is 16.5. The Morgan fingerprint density at radius 3 is 2.91 bits per heavy atom. The molecule has 1 amide bonds. The fourth-order valence-electron chi connectivity index (χ4n) is 2.97. The largest absolute Gasteiger partial charge is 0.437 e. The average Bonchev–Trinajstić information content (AvgIpc) is 2.55. The zero-order valence-corrected chi connectivity index (χ0v) is 13.5. The molecule has 5 nitrogen and oxygen atoms in total. The molecule has 0 spiro atoms. The standard InChI is InChI=1S/C18H21N3O2/c1-13-5-3-7-16(11-13)23-18-17(19-8-9-20-18)15-6-4-10-21(12-15)14(2)22/h3,5,7-9,11,15H,4,6,10,12H2,1-2H3. The molecule has 120 valence electrons. The van der Waals surface area contributed by atoms with Gasteiger partial charge in [0.25, 0.3) is 0 Å². The fraction of sp³-hybridized carbons (Fsp3) is 0.389. The van der Waals surface area contributed by atoms with E-state index < -0.39 is 0 Å². The first-order valence-corrected chi connectivity index (χ1v) is 7.94. The summed E-state index contributed by atoms with van der Waals surface area (Å²) in [5, 5.41) is 0. The number of hydrogen-bond acceptors (Lipinski definition) is 4. The molecular weight excluding hydrogens is 290 g/mol. The third-order valence-corrected chi connectivity index (χ3v) is 4.15. The maximum atomic E-state index is 11.6. The number of piperidine rings is 1. The third kappa shape index (κ3) is 3.67. The summed E-state index contributed by atoms with van der Waals surface area (Å²) in [7, 11) is 0. The van der Waals surface area contributed by atoms with Gasteiger partial charge >= 0.3 is 0 Å². The normalized spacial score (nSPS) is 17.8. The van der Waals surface area contributed by atoms with E-state index >= 15 is 0 Å². The molecule has 1 aromatic carbocycles. The van der Waals surface area contributed by atoms with Gasteiger partial charge in [0, 0.05) is 38.3 Å². The topological polar surface area (TPSA) is 55.3 Å². The van der Waals surface area contributed by atoms with Gasteiger partial charge in [-0.3, -0.25) is 9.78 Å². The molecule has 1 saturated heterocycles. The van der Waals surface area contributed by atoms with Crippen molar-refractivity contribution < 1.29 is 9.53 Å². The van der Waals surface area contributed by atoms with Gasteiger partial charge in [-0.25, -0.2) is 4.98 Å². The second kappa shape index (κ2) is 6.77. The van der Waals surface area contributed by atoms with Crippen LogP contribution in [0.15, 0.2) is 36.7 Å². The Labute approximate surface area is 136 Å². The molecule has 1 aliphatic heterocycles. The minimum Gasteiger partial charge on any atom is -0.437 e. The second-order valence-corrected chi connectivity index (χ2v) is 5.97. The van der Waals surface area contributed by atoms with Crippen molar-refractivity contribution in [3.8, 4) is 11.6 Å². The van der Waals surface area contributed by atoms with Crippen molar-refractivity contribution in [3.63, 3.8) is 0 Å². The first-order chi connectivity index (χ1) is 11.1. The molecule has 3 rings (SSSR count). The highest BCUT2D eigenvalue weighted by Crippen LogP contribution is 2.32. The number of carbonyl (C=O) groups is 1. The number of hydrogen-bond donors (Lipinski definition) is 0. The fourth-order valence-corrected chi connectivity index (χ4v) is 2.97. The highest BCUT2D eigenvalue weighted by Gasteiger charge is 2.27. The van der Waals surface area contributed by atoms with Crippen LogP contribution < -0.4 is 4.74 Å². The van der Waals surface area contributed by atoms with Crippen molar-refractivity contribution in [3.05, 3.63) is 47.9 Å². The van der Waals surface area contributed by atoms with Crippen LogP contribution in [0.5, 0.6) is 11.6 Å². The number of benzene rings is 1. The van der Waals surface area contributed by atoms with Gasteiger partial charge in [0.15, 0.2) is 0 Å². The summed E-state index contributed by atoms with van der Waals surface area (Å²) in [6, 6.07) is 7.87. The lowest BCUT2D eigenvalue weighted by Gasteiger charge is -2.32. The molecule has 0 aliphatic carbocycles. The molecule has 5 heteroatoms. The number of nitrogens with zero attached hydrogens (tertiary/aromatic N) is 3. The SMILES string of the molecule is CC(=O)N1CCCC(c2nccnc2Oc2cccc(C)c2)C1. The Bertz CT molecular complexity index is 702. The molecule has 0 saturated carbocycles.